The number of hydrogen-bond acceptors (Lipinski definition) is 3. The van der Waals surface area contributed by atoms with Crippen molar-refractivity contribution >= 4 is 30.5 Å². The first kappa shape index (κ1) is 24.9. The maximum Gasteiger partial charge on any atom is 0.180 e. The highest BCUT2D eigenvalue weighted by molar-refractivity contribution is 5.85. The molecule has 0 unspecified atom stereocenters. The Bertz CT molecular complexity index is 977. The van der Waals surface area contributed by atoms with E-state index in [2.05, 4.69) is 52.8 Å². The first-order valence-electron chi connectivity index (χ1n) is 11.7. The second-order valence-electron chi connectivity index (χ2n) is 9.02. The van der Waals surface area contributed by atoms with Gasteiger partial charge in [-0.15, -0.1) is 24.8 Å². The predicted octanol–water partition coefficient (Wildman–Crippen LogP) is 6.58. The van der Waals surface area contributed by atoms with Gasteiger partial charge < -0.3 is 14.0 Å². The molecule has 1 aromatic carbocycles. The van der Waals surface area contributed by atoms with Crippen LogP contribution in [0.5, 0.6) is 5.75 Å². The lowest BCUT2D eigenvalue weighted by Crippen LogP contribution is -2.42. The molecule has 174 valence electrons. The number of aromatic nitrogens is 2. The number of pyridine rings is 1. The number of nitrogens with zero attached hydrogens (tertiary/aromatic N) is 3. The molecule has 2 aromatic heterocycles. The summed E-state index contributed by atoms with van der Waals surface area (Å²) in [4.78, 5) is 7.70. The summed E-state index contributed by atoms with van der Waals surface area (Å²) < 4.78 is 8.45. The van der Waals surface area contributed by atoms with Gasteiger partial charge in [0.25, 0.3) is 0 Å². The van der Waals surface area contributed by atoms with E-state index < -0.39 is 0 Å². The fourth-order valence-electron chi connectivity index (χ4n) is 5.50. The molecule has 0 radical (unpaired) electrons. The predicted molar refractivity (Wildman–Crippen MR) is 136 cm³/mol. The van der Waals surface area contributed by atoms with Crippen LogP contribution in [0.4, 0.5) is 0 Å². The van der Waals surface area contributed by atoms with Crippen molar-refractivity contribution in [1.82, 2.24) is 14.3 Å². The standard InChI is InChI=1S/C26H33N3O.2ClH/c1-20-25(22-14-17-28(18-15-22)23-11-6-3-7-12-23)29-16-8-13-24(26(29)27-20)30-19-21-9-4-2-5-10-21;;/h2,4-5,8-10,13,16,22-23H,3,6-7,11-12,14-15,17-19H2,1H3;2*1H. The first-order chi connectivity index (χ1) is 14.8. The molecule has 0 spiro atoms. The number of imidazole rings is 1. The van der Waals surface area contributed by atoms with E-state index in [0.717, 1.165) is 23.1 Å². The summed E-state index contributed by atoms with van der Waals surface area (Å²) in [6, 6.07) is 15.3. The second-order valence-corrected chi connectivity index (χ2v) is 9.02. The summed E-state index contributed by atoms with van der Waals surface area (Å²) in [5.41, 5.74) is 4.68. The number of aryl methyl sites for hydroxylation is 1. The van der Waals surface area contributed by atoms with E-state index >= 15 is 0 Å². The molecule has 1 aliphatic carbocycles. The van der Waals surface area contributed by atoms with Gasteiger partial charge in [-0.25, -0.2) is 4.98 Å². The third-order valence-electron chi connectivity index (χ3n) is 7.08. The summed E-state index contributed by atoms with van der Waals surface area (Å²) in [6.45, 7) is 5.19. The van der Waals surface area contributed by atoms with Gasteiger partial charge >= 0.3 is 0 Å². The van der Waals surface area contributed by atoms with Crippen LogP contribution in [0.3, 0.4) is 0 Å². The second kappa shape index (κ2) is 11.4. The maximum absolute atomic E-state index is 6.17. The molecular formula is C26H35Cl2N3O. The van der Waals surface area contributed by atoms with Crippen LogP contribution in [0.25, 0.3) is 5.65 Å². The van der Waals surface area contributed by atoms with Crippen molar-refractivity contribution in [1.29, 1.82) is 0 Å². The molecule has 4 nitrogen and oxygen atoms in total. The van der Waals surface area contributed by atoms with Crippen LogP contribution in [-0.4, -0.2) is 33.4 Å². The van der Waals surface area contributed by atoms with E-state index in [-0.39, 0.29) is 24.8 Å². The Kier molecular flexibility index (Phi) is 8.87. The third kappa shape index (κ3) is 5.24. The van der Waals surface area contributed by atoms with E-state index in [0.29, 0.717) is 12.5 Å². The van der Waals surface area contributed by atoms with Crippen molar-refractivity contribution in [3.05, 3.63) is 65.6 Å². The smallest absolute Gasteiger partial charge is 0.180 e. The normalized spacial score (nSPS) is 18.2. The van der Waals surface area contributed by atoms with Crippen LogP contribution in [0.1, 0.15) is 67.8 Å². The summed E-state index contributed by atoms with van der Waals surface area (Å²) in [6.07, 6.45) is 11.7. The van der Waals surface area contributed by atoms with Gasteiger partial charge in [-0.05, 0) is 63.4 Å². The molecule has 2 aliphatic rings. The van der Waals surface area contributed by atoms with Gasteiger partial charge in [0.1, 0.15) is 6.61 Å². The zero-order valence-corrected chi connectivity index (χ0v) is 20.5. The van der Waals surface area contributed by atoms with Crippen LogP contribution in [-0.2, 0) is 6.61 Å². The Morgan fingerprint density at radius 1 is 0.906 bits per heavy atom. The lowest BCUT2D eigenvalue weighted by molar-refractivity contribution is 0.121. The number of benzene rings is 1. The largest absolute Gasteiger partial charge is 0.485 e. The van der Waals surface area contributed by atoms with Crippen LogP contribution < -0.4 is 4.74 Å². The molecule has 3 heterocycles. The van der Waals surface area contributed by atoms with Crippen LogP contribution in [0.2, 0.25) is 0 Å². The Morgan fingerprint density at radius 2 is 1.62 bits per heavy atom. The van der Waals surface area contributed by atoms with Gasteiger partial charge in [0.2, 0.25) is 0 Å². The number of rotatable bonds is 5. The molecule has 32 heavy (non-hydrogen) atoms. The molecule has 0 atom stereocenters. The monoisotopic (exact) mass is 475 g/mol. The van der Waals surface area contributed by atoms with E-state index in [1.54, 1.807) is 0 Å². The molecule has 1 aliphatic heterocycles. The number of halogens is 2. The van der Waals surface area contributed by atoms with Gasteiger partial charge in [0.15, 0.2) is 11.4 Å². The Balaban J connectivity index is 0.00000144. The molecule has 1 saturated carbocycles. The van der Waals surface area contributed by atoms with Crippen molar-refractivity contribution in [2.75, 3.05) is 13.1 Å². The highest BCUT2D eigenvalue weighted by atomic mass is 35.5. The average molecular weight is 476 g/mol. The number of ether oxygens (including phenoxy) is 1. The fourth-order valence-corrected chi connectivity index (χ4v) is 5.50. The summed E-state index contributed by atoms with van der Waals surface area (Å²) in [7, 11) is 0. The molecule has 5 rings (SSSR count). The summed E-state index contributed by atoms with van der Waals surface area (Å²) >= 11 is 0. The van der Waals surface area contributed by atoms with Crippen molar-refractivity contribution in [3.8, 4) is 5.75 Å². The minimum atomic E-state index is 0. The molecule has 0 amide bonds. The number of fused-ring (bicyclic) bond motifs is 1. The molecule has 0 N–H and O–H groups in total. The molecule has 6 heteroatoms. The van der Waals surface area contributed by atoms with Crippen LogP contribution >= 0.6 is 24.8 Å². The maximum atomic E-state index is 6.17. The zero-order chi connectivity index (χ0) is 20.3. The van der Waals surface area contributed by atoms with E-state index in [9.17, 15) is 0 Å². The van der Waals surface area contributed by atoms with Crippen molar-refractivity contribution in [2.45, 2.75) is 70.4 Å². The van der Waals surface area contributed by atoms with Crippen molar-refractivity contribution in [2.24, 2.45) is 0 Å². The lowest BCUT2D eigenvalue weighted by atomic mass is 9.88. The lowest BCUT2D eigenvalue weighted by Gasteiger charge is -2.39. The van der Waals surface area contributed by atoms with Crippen LogP contribution in [0, 0.1) is 6.92 Å². The molecule has 3 aromatic rings. The van der Waals surface area contributed by atoms with Gasteiger partial charge in [-0.2, -0.15) is 0 Å². The Morgan fingerprint density at radius 3 is 2.34 bits per heavy atom. The van der Waals surface area contributed by atoms with Crippen LogP contribution in [0.15, 0.2) is 48.7 Å². The fraction of sp³-hybridized carbons (Fsp3) is 0.500. The molecule has 0 bridgehead atoms. The number of piperidine rings is 1. The van der Waals surface area contributed by atoms with E-state index in [4.69, 9.17) is 9.72 Å². The highest BCUT2D eigenvalue weighted by Crippen LogP contribution is 2.35. The third-order valence-corrected chi connectivity index (χ3v) is 7.08. The number of likely N-dealkylation sites (tertiary alicyclic amines) is 1. The van der Waals surface area contributed by atoms with Crippen molar-refractivity contribution < 1.29 is 4.74 Å². The Hall–Kier alpha value is -1.75. The minimum absolute atomic E-state index is 0. The van der Waals surface area contributed by atoms with E-state index in [1.807, 2.05) is 12.1 Å². The van der Waals surface area contributed by atoms with Gasteiger partial charge in [-0.3, -0.25) is 0 Å². The first-order valence-corrected chi connectivity index (χ1v) is 11.7. The topological polar surface area (TPSA) is 29.8 Å². The highest BCUT2D eigenvalue weighted by Gasteiger charge is 2.29. The summed E-state index contributed by atoms with van der Waals surface area (Å²) in [5.74, 6) is 1.46. The minimum Gasteiger partial charge on any atom is -0.485 e. The SMILES string of the molecule is Cc1nc2c(OCc3ccccc3)cccn2c1C1CCN(C2CCCCC2)CC1.Cl.Cl. The van der Waals surface area contributed by atoms with Gasteiger partial charge in [0, 0.05) is 23.9 Å². The molecular weight excluding hydrogens is 441 g/mol. The molecule has 1 saturated heterocycles. The zero-order valence-electron chi connectivity index (χ0n) is 18.9. The van der Waals surface area contributed by atoms with Crippen molar-refractivity contribution in [3.63, 3.8) is 0 Å². The molecule has 2 fully saturated rings. The Labute approximate surface area is 204 Å². The average Bonchev–Trinajstić information content (AvgIpc) is 3.15. The number of hydrogen-bond donors (Lipinski definition) is 0. The van der Waals surface area contributed by atoms with Gasteiger partial charge in [0.05, 0.1) is 5.69 Å². The summed E-state index contributed by atoms with van der Waals surface area (Å²) in [5, 5.41) is 0. The quantitative estimate of drug-likeness (QED) is 0.417. The van der Waals surface area contributed by atoms with E-state index in [1.165, 1.54) is 69.3 Å². The van der Waals surface area contributed by atoms with Gasteiger partial charge in [-0.1, -0.05) is 49.6 Å².